The molecule has 7 nitrogen and oxygen atoms in total. The molecule has 0 radical (unpaired) electrons. The number of urea groups is 1. The number of likely N-dealkylation sites (tertiary alicyclic amines) is 1. The number of hydrogen-bond donors (Lipinski definition) is 2. The molecule has 0 atom stereocenters. The van der Waals surface area contributed by atoms with Crippen molar-refractivity contribution in [2.45, 2.75) is 25.8 Å². The van der Waals surface area contributed by atoms with Crippen LogP contribution in [0.5, 0.6) is 5.75 Å². The Morgan fingerprint density at radius 2 is 2.04 bits per heavy atom. The van der Waals surface area contributed by atoms with Gasteiger partial charge in [-0.2, -0.15) is 0 Å². The molecule has 0 aromatic heterocycles. The van der Waals surface area contributed by atoms with Gasteiger partial charge in [0.15, 0.2) is 0 Å². The average Bonchev–Trinajstić information content (AvgIpc) is 2.62. The number of carboxylic acids is 1. The minimum atomic E-state index is -0.867. The third-order valence-electron chi connectivity index (χ3n) is 4.41. The van der Waals surface area contributed by atoms with Gasteiger partial charge < -0.3 is 20.1 Å². The van der Waals surface area contributed by atoms with Crippen molar-refractivity contribution in [3.8, 4) is 5.75 Å². The molecule has 8 heteroatoms. The standard InChI is InChI=1S/C18H26ClN3O4/c1-2-20-18(25)21-9-7-14(8-10-21)22(13-17(23)24)11-12-26-16-6-4-3-5-15(16)19/h3-6,14H,2,7-13H2,1H3,(H,20,25)(H,23,24). The number of rotatable bonds is 8. The van der Waals surface area contributed by atoms with Crippen LogP contribution in [0.4, 0.5) is 4.79 Å². The monoisotopic (exact) mass is 383 g/mol. The number of aliphatic carboxylic acids is 1. The van der Waals surface area contributed by atoms with E-state index in [1.54, 1.807) is 17.0 Å². The highest BCUT2D eigenvalue weighted by Crippen LogP contribution is 2.23. The number of nitrogens with zero attached hydrogens (tertiary/aromatic N) is 2. The highest BCUT2D eigenvalue weighted by molar-refractivity contribution is 6.32. The Bertz CT molecular complexity index is 606. The number of amides is 2. The van der Waals surface area contributed by atoms with Crippen LogP contribution >= 0.6 is 11.6 Å². The number of carboxylic acid groups (broad SMARTS) is 1. The second-order valence-corrected chi connectivity index (χ2v) is 6.60. The summed E-state index contributed by atoms with van der Waals surface area (Å²) in [7, 11) is 0. The Balaban J connectivity index is 1.86. The number of para-hydroxylation sites is 1. The van der Waals surface area contributed by atoms with E-state index in [1.165, 1.54) is 0 Å². The van der Waals surface area contributed by atoms with Gasteiger partial charge >= 0.3 is 12.0 Å². The molecule has 1 aliphatic rings. The van der Waals surface area contributed by atoms with Gasteiger partial charge in [-0.1, -0.05) is 23.7 Å². The molecular formula is C18H26ClN3O4. The Morgan fingerprint density at radius 3 is 2.65 bits per heavy atom. The molecule has 26 heavy (non-hydrogen) atoms. The van der Waals surface area contributed by atoms with Crippen molar-refractivity contribution in [2.24, 2.45) is 0 Å². The van der Waals surface area contributed by atoms with Gasteiger partial charge in [0, 0.05) is 32.2 Å². The first kappa shape index (κ1) is 20.3. The molecule has 1 heterocycles. The van der Waals surface area contributed by atoms with Crippen molar-refractivity contribution in [3.05, 3.63) is 29.3 Å². The smallest absolute Gasteiger partial charge is 0.317 e. The number of hydrogen-bond acceptors (Lipinski definition) is 4. The van der Waals surface area contributed by atoms with E-state index in [4.69, 9.17) is 16.3 Å². The molecule has 1 aromatic carbocycles. The van der Waals surface area contributed by atoms with Crippen molar-refractivity contribution >= 4 is 23.6 Å². The molecule has 0 saturated carbocycles. The van der Waals surface area contributed by atoms with Crippen LogP contribution in [-0.4, -0.2) is 72.3 Å². The van der Waals surface area contributed by atoms with E-state index >= 15 is 0 Å². The van der Waals surface area contributed by atoms with Crippen molar-refractivity contribution in [3.63, 3.8) is 0 Å². The number of carbonyl (C=O) groups is 2. The molecule has 2 rings (SSSR count). The van der Waals surface area contributed by atoms with Crippen LogP contribution in [-0.2, 0) is 4.79 Å². The fraction of sp³-hybridized carbons (Fsp3) is 0.556. The predicted molar refractivity (Wildman–Crippen MR) is 99.8 cm³/mol. The van der Waals surface area contributed by atoms with Crippen LogP contribution in [0.2, 0.25) is 5.02 Å². The van der Waals surface area contributed by atoms with Gasteiger partial charge in [0.2, 0.25) is 0 Å². The van der Waals surface area contributed by atoms with Crippen molar-refractivity contribution < 1.29 is 19.4 Å². The Morgan fingerprint density at radius 1 is 1.35 bits per heavy atom. The summed E-state index contributed by atoms with van der Waals surface area (Å²) in [4.78, 5) is 26.8. The van der Waals surface area contributed by atoms with Gasteiger partial charge in [-0.3, -0.25) is 9.69 Å². The minimum absolute atomic E-state index is 0.0439. The lowest BCUT2D eigenvalue weighted by atomic mass is 10.0. The lowest BCUT2D eigenvalue weighted by Crippen LogP contribution is -2.51. The third-order valence-corrected chi connectivity index (χ3v) is 4.72. The molecule has 1 aliphatic heterocycles. The van der Waals surface area contributed by atoms with E-state index < -0.39 is 5.97 Å². The Labute approximate surface area is 158 Å². The van der Waals surface area contributed by atoms with Crippen LogP contribution < -0.4 is 10.1 Å². The number of halogens is 1. The van der Waals surface area contributed by atoms with Crippen LogP contribution in [0.3, 0.4) is 0 Å². The van der Waals surface area contributed by atoms with Crippen LogP contribution in [0.1, 0.15) is 19.8 Å². The van der Waals surface area contributed by atoms with Gasteiger partial charge in [-0.05, 0) is 31.9 Å². The van der Waals surface area contributed by atoms with Crippen molar-refractivity contribution in [1.29, 1.82) is 0 Å². The number of carbonyl (C=O) groups excluding carboxylic acids is 1. The third kappa shape index (κ3) is 6.07. The van der Waals surface area contributed by atoms with E-state index in [0.717, 1.165) is 12.8 Å². The van der Waals surface area contributed by atoms with Crippen LogP contribution in [0, 0.1) is 0 Å². The first-order valence-electron chi connectivity index (χ1n) is 8.87. The van der Waals surface area contributed by atoms with E-state index in [9.17, 15) is 14.7 Å². The minimum Gasteiger partial charge on any atom is -0.491 e. The van der Waals surface area contributed by atoms with E-state index in [0.29, 0.717) is 43.6 Å². The summed E-state index contributed by atoms with van der Waals surface area (Å²) >= 11 is 6.07. The lowest BCUT2D eigenvalue weighted by Gasteiger charge is -2.37. The summed E-state index contributed by atoms with van der Waals surface area (Å²) in [5.41, 5.74) is 0. The second-order valence-electron chi connectivity index (χ2n) is 6.20. The summed E-state index contributed by atoms with van der Waals surface area (Å²) in [6.07, 6.45) is 1.49. The normalized spacial score (nSPS) is 15.1. The zero-order valence-electron chi connectivity index (χ0n) is 15.0. The first-order chi connectivity index (χ1) is 12.5. The van der Waals surface area contributed by atoms with Crippen LogP contribution in [0.15, 0.2) is 24.3 Å². The first-order valence-corrected chi connectivity index (χ1v) is 9.25. The molecule has 1 fully saturated rings. The van der Waals surface area contributed by atoms with E-state index in [2.05, 4.69) is 5.32 Å². The maximum atomic E-state index is 11.9. The Kier molecular flexibility index (Phi) is 8.00. The predicted octanol–water partition coefficient (Wildman–Crippen LogP) is 2.30. The lowest BCUT2D eigenvalue weighted by molar-refractivity contribution is -0.139. The summed E-state index contributed by atoms with van der Waals surface area (Å²) in [5, 5.41) is 12.5. The summed E-state index contributed by atoms with van der Waals surface area (Å²) in [5.74, 6) is -0.274. The zero-order valence-corrected chi connectivity index (χ0v) is 15.7. The number of benzene rings is 1. The quantitative estimate of drug-likeness (QED) is 0.719. The molecule has 1 saturated heterocycles. The van der Waals surface area contributed by atoms with Gasteiger partial charge in [-0.15, -0.1) is 0 Å². The molecular weight excluding hydrogens is 358 g/mol. The number of piperidine rings is 1. The maximum Gasteiger partial charge on any atom is 0.317 e. The van der Waals surface area contributed by atoms with Crippen molar-refractivity contribution in [1.82, 2.24) is 15.1 Å². The van der Waals surface area contributed by atoms with Gasteiger partial charge in [0.25, 0.3) is 0 Å². The molecule has 2 amide bonds. The maximum absolute atomic E-state index is 11.9. The zero-order chi connectivity index (χ0) is 18.9. The van der Waals surface area contributed by atoms with Crippen molar-refractivity contribution in [2.75, 3.05) is 39.3 Å². The fourth-order valence-corrected chi connectivity index (χ4v) is 3.29. The van der Waals surface area contributed by atoms with E-state index in [-0.39, 0.29) is 18.6 Å². The topological polar surface area (TPSA) is 82.1 Å². The number of nitrogens with one attached hydrogen (secondary N) is 1. The molecule has 0 bridgehead atoms. The molecule has 2 N–H and O–H groups in total. The Hall–Kier alpha value is -1.99. The van der Waals surface area contributed by atoms with Gasteiger partial charge in [-0.25, -0.2) is 4.79 Å². The number of ether oxygens (including phenoxy) is 1. The van der Waals surface area contributed by atoms with Gasteiger partial charge in [0.05, 0.1) is 11.6 Å². The molecule has 0 unspecified atom stereocenters. The van der Waals surface area contributed by atoms with Gasteiger partial charge in [0.1, 0.15) is 12.4 Å². The largest absolute Gasteiger partial charge is 0.491 e. The average molecular weight is 384 g/mol. The molecule has 0 aliphatic carbocycles. The highest BCUT2D eigenvalue weighted by atomic mass is 35.5. The highest BCUT2D eigenvalue weighted by Gasteiger charge is 2.27. The fourth-order valence-electron chi connectivity index (χ4n) is 3.10. The van der Waals surface area contributed by atoms with E-state index in [1.807, 2.05) is 24.0 Å². The second kappa shape index (κ2) is 10.2. The molecule has 1 aromatic rings. The SMILES string of the molecule is CCNC(=O)N1CCC(N(CCOc2ccccc2Cl)CC(=O)O)CC1. The molecule has 0 spiro atoms. The summed E-state index contributed by atoms with van der Waals surface area (Å²) < 4.78 is 5.69. The summed E-state index contributed by atoms with van der Waals surface area (Å²) in [6, 6.07) is 7.27. The summed E-state index contributed by atoms with van der Waals surface area (Å²) in [6.45, 7) is 4.53. The van der Waals surface area contributed by atoms with Crippen LogP contribution in [0.25, 0.3) is 0 Å². The molecule has 144 valence electrons.